The molecule has 0 aliphatic heterocycles. The van der Waals surface area contributed by atoms with E-state index in [-0.39, 0.29) is 11.6 Å². The Morgan fingerprint density at radius 2 is 1.83 bits per heavy atom. The smallest absolute Gasteiger partial charge is 0.251 e. The number of hydrogen-bond donors (Lipinski definition) is 2. The Morgan fingerprint density at radius 1 is 1.04 bits per heavy atom. The van der Waals surface area contributed by atoms with Gasteiger partial charge in [0.1, 0.15) is 0 Å². The van der Waals surface area contributed by atoms with E-state index in [0.29, 0.717) is 5.56 Å². The SMILES string of the molecule is Cc1cccc(C(NC=O)c2ccc3[nH]c(=O)c(C)cc3c2)c1. The van der Waals surface area contributed by atoms with Crippen LogP contribution in [-0.4, -0.2) is 11.4 Å². The number of benzene rings is 2. The highest BCUT2D eigenvalue weighted by molar-refractivity contribution is 5.80. The molecular weight excluding hydrogens is 288 g/mol. The molecule has 1 unspecified atom stereocenters. The van der Waals surface area contributed by atoms with Gasteiger partial charge in [-0.3, -0.25) is 9.59 Å². The summed E-state index contributed by atoms with van der Waals surface area (Å²) in [5, 5.41) is 3.83. The molecule has 1 atom stereocenters. The van der Waals surface area contributed by atoms with Gasteiger partial charge in [-0.2, -0.15) is 0 Å². The predicted molar refractivity (Wildman–Crippen MR) is 91.5 cm³/mol. The van der Waals surface area contributed by atoms with Crippen LogP contribution in [0.3, 0.4) is 0 Å². The Labute approximate surface area is 134 Å². The van der Waals surface area contributed by atoms with Crippen LogP contribution in [0, 0.1) is 13.8 Å². The van der Waals surface area contributed by atoms with Gasteiger partial charge in [0.15, 0.2) is 0 Å². The first-order valence-corrected chi connectivity index (χ1v) is 7.48. The minimum absolute atomic E-state index is 0.0773. The molecule has 2 aromatic carbocycles. The van der Waals surface area contributed by atoms with E-state index < -0.39 is 0 Å². The number of hydrogen-bond acceptors (Lipinski definition) is 2. The summed E-state index contributed by atoms with van der Waals surface area (Å²) < 4.78 is 0. The topological polar surface area (TPSA) is 62.0 Å². The van der Waals surface area contributed by atoms with Crippen LogP contribution < -0.4 is 10.9 Å². The van der Waals surface area contributed by atoms with Crippen LogP contribution >= 0.6 is 0 Å². The first-order valence-electron chi connectivity index (χ1n) is 7.48. The summed E-state index contributed by atoms with van der Waals surface area (Å²) in [7, 11) is 0. The number of amides is 1. The Bertz CT molecular complexity index is 928. The highest BCUT2D eigenvalue weighted by Crippen LogP contribution is 2.25. The quantitative estimate of drug-likeness (QED) is 0.728. The second-order valence-electron chi connectivity index (χ2n) is 5.76. The molecule has 116 valence electrons. The fraction of sp³-hybridized carbons (Fsp3) is 0.158. The fourth-order valence-electron chi connectivity index (χ4n) is 2.82. The van der Waals surface area contributed by atoms with Gasteiger partial charge < -0.3 is 10.3 Å². The number of fused-ring (bicyclic) bond motifs is 1. The zero-order chi connectivity index (χ0) is 16.4. The Morgan fingerprint density at radius 3 is 2.57 bits per heavy atom. The van der Waals surface area contributed by atoms with Crippen molar-refractivity contribution in [3.05, 3.63) is 81.1 Å². The van der Waals surface area contributed by atoms with Crippen molar-refractivity contribution in [3.8, 4) is 0 Å². The van der Waals surface area contributed by atoms with Crippen LogP contribution in [0.2, 0.25) is 0 Å². The summed E-state index contributed by atoms with van der Waals surface area (Å²) >= 11 is 0. The molecule has 0 spiro atoms. The lowest BCUT2D eigenvalue weighted by molar-refractivity contribution is -0.110. The maximum Gasteiger partial charge on any atom is 0.251 e. The number of carbonyl (C=O) groups is 1. The van der Waals surface area contributed by atoms with Gasteiger partial charge in [0, 0.05) is 11.1 Å². The normalized spacial score (nSPS) is 12.1. The molecule has 0 aliphatic carbocycles. The molecule has 2 N–H and O–H groups in total. The highest BCUT2D eigenvalue weighted by Gasteiger charge is 2.14. The first kappa shape index (κ1) is 15.0. The van der Waals surface area contributed by atoms with Crippen molar-refractivity contribution >= 4 is 17.3 Å². The van der Waals surface area contributed by atoms with Crippen molar-refractivity contribution < 1.29 is 4.79 Å². The van der Waals surface area contributed by atoms with E-state index in [1.807, 2.05) is 49.4 Å². The molecule has 0 aliphatic rings. The number of aromatic nitrogens is 1. The maximum atomic E-state index is 11.7. The van der Waals surface area contributed by atoms with Crippen molar-refractivity contribution in [2.24, 2.45) is 0 Å². The van der Waals surface area contributed by atoms with Crippen LogP contribution in [-0.2, 0) is 4.79 Å². The number of aryl methyl sites for hydroxylation is 2. The second-order valence-corrected chi connectivity index (χ2v) is 5.76. The second kappa shape index (κ2) is 6.08. The Hall–Kier alpha value is -2.88. The summed E-state index contributed by atoms with van der Waals surface area (Å²) in [4.78, 5) is 25.6. The molecule has 3 rings (SSSR count). The Balaban J connectivity index is 2.12. The summed E-state index contributed by atoms with van der Waals surface area (Å²) in [6.45, 7) is 3.81. The van der Waals surface area contributed by atoms with Gasteiger partial charge >= 0.3 is 0 Å². The summed E-state index contributed by atoms with van der Waals surface area (Å²) in [5.74, 6) is 0. The van der Waals surface area contributed by atoms with Crippen LogP contribution in [0.4, 0.5) is 0 Å². The maximum absolute atomic E-state index is 11.7. The minimum atomic E-state index is -0.218. The third-order valence-corrected chi connectivity index (χ3v) is 4.00. The number of pyridine rings is 1. The van der Waals surface area contributed by atoms with E-state index in [4.69, 9.17) is 0 Å². The van der Waals surface area contributed by atoms with Crippen LogP contribution in [0.25, 0.3) is 10.9 Å². The van der Waals surface area contributed by atoms with E-state index in [0.717, 1.165) is 34.0 Å². The summed E-state index contributed by atoms with van der Waals surface area (Å²) in [5.41, 5.74) is 4.52. The van der Waals surface area contributed by atoms with E-state index in [1.54, 1.807) is 6.92 Å². The molecular formula is C19H18N2O2. The van der Waals surface area contributed by atoms with Crippen LogP contribution in [0.1, 0.15) is 28.3 Å². The van der Waals surface area contributed by atoms with Gasteiger partial charge in [-0.25, -0.2) is 0 Å². The van der Waals surface area contributed by atoms with Crippen molar-refractivity contribution in [1.82, 2.24) is 10.3 Å². The number of carbonyl (C=O) groups excluding carboxylic acids is 1. The molecule has 0 radical (unpaired) electrons. The lowest BCUT2D eigenvalue weighted by Gasteiger charge is -2.18. The molecule has 0 saturated carbocycles. The molecule has 0 saturated heterocycles. The van der Waals surface area contributed by atoms with Crippen molar-refractivity contribution in [3.63, 3.8) is 0 Å². The van der Waals surface area contributed by atoms with Crippen molar-refractivity contribution in [2.75, 3.05) is 0 Å². The molecule has 4 heteroatoms. The lowest BCUT2D eigenvalue weighted by atomic mass is 9.96. The van der Waals surface area contributed by atoms with Crippen LogP contribution in [0.15, 0.2) is 53.3 Å². The lowest BCUT2D eigenvalue weighted by Crippen LogP contribution is -2.20. The number of rotatable bonds is 4. The molecule has 0 fully saturated rings. The molecule has 3 aromatic rings. The van der Waals surface area contributed by atoms with Crippen molar-refractivity contribution in [1.29, 1.82) is 0 Å². The van der Waals surface area contributed by atoms with Gasteiger partial charge in [0.05, 0.1) is 6.04 Å². The van der Waals surface area contributed by atoms with E-state index in [9.17, 15) is 9.59 Å². The first-order chi connectivity index (χ1) is 11.1. The van der Waals surface area contributed by atoms with E-state index in [1.165, 1.54) is 0 Å². The zero-order valence-corrected chi connectivity index (χ0v) is 13.1. The average Bonchev–Trinajstić information content (AvgIpc) is 2.53. The van der Waals surface area contributed by atoms with Crippen LogP contribution in [0.5, 0.6) is 0 Å². The molecule has 1 amide bonds. The standard InChI is InChI=1S/C19H18N2O2/c1-12-4-3-5-14(8-12)18(20-11-22)15-6-7-17-16(10-15)9-13(2)19(23)21-17/h3-11,18H,1-2H3,(H,20,22)(H,21,23). The minimum Gasteiger partial charge on any atom is -0.348 e. The molecule has 1 aromatic heterocycles. The van der Waals surface area contributed by atoms with E-state index in [2.05, 4.69) is 16.4 Å². The molecule has 0 bridgehead atoms. The number of H-pyrrole nitrogens is 1. The number of aromatic amines is 1. The average molecular weight is 306 g/mol. The van der Waals surface area contributed by atoms with Crippen molar-refractivity contribution in [2.45, 2.75) is 19.9 Å². The third kappa shape index (κ3) is 3.01. The molecule has 4 nitrogen and oxygen atoms in total. The zero-order valence-electron chi connectivity index (χ0n) is 13.1. The van der Waals surface area contributed by atoms with Gasteiger partial charge in [-0.1, -0.05) is 35.9 Å². The monoisotopic (exact) mass is 306 g/mol. The van der Waals surface area contributed by atoms with Gasteiger partial charge in [0.25, 0.3) is 5.56 Å². The van der Waals surface area contributed by atoms with Gasteiger partial charge in [-0.05, 0) is 48.6 Å². The summed E-state index contributed by atoms with van der Waals surface area (Å²) in [6.07, 6.45) is 0.718. The van der Waals surface area contributed by atoms with Gasteiger partial charge in [0.2, 0.25) is 6.41 Å². The largest absolute Gasteiger partial charge is 0.348 e. The predicted octanol–water partition coefficient (Wildman–Crippen LogP) is 2.98. The van der Waals surface area contributed by atoms with E-state index >= 15 is 0 Å². The molecule has 1 heterocycles. The van der Waals surface area contributed by atoms with Gasteiger partial charge in [-0.15, -0.1) is 0 Å². The summed E-state index contributed by atoms with van der Waals surface area (Å²) in [6, 6.07) is 15.5. The highest BCUT2D eigenvalue weighted by atomic mass is 16.1. The third-order valence-electron chi connectivity index (χ3n) is 4.00. The molecule has 23 heavy (non-hydrogen) atoms. The fourth-order valence-corrected chi connectivity index (χ4v) is 2.82. The Kier molecular flexibility index (Phi) is 3.98. The number of nitrogens with one attached hydrogen (secondary N) is 2.